The van der Waals surface area contributed by atoms with Crippen LogP contribution in [0.5, 0.6) is 0 Å². The number of piperazine rings is 1. The Morgan fingerprint density at radius 3 is 2.52 bits per heavy atom. The predicted molar refractivity (Wildman–Crippen MR) is 80.5 cm³/mol. The summed E-state index contributed by atoms with van der Waals surface area (Å²) in [4.78, 5) is 27.1. The van der Waals surface area contributed by atoms with Gasteiger partial charge in [0.25, 0.3) is 11.6 Å². The minimum Gasteiger partial charge on any atom is -0.336 e. The Labute approximate surface area is 124 Å². The zero-order chi connectivity index (χ0) is 15.4. The highest BCUT2D eigenvalue weighted by molar-refractivity contribution is 5.95. The largest absolute Gasteiger partial charge is 0.336 e. The van der Waals surface area contributed by atoms with Crippen molar-refractivity contribution in [3.8, 4) is 0 Å². The van der Waals surface area contributed by atoms with Gasteiger partial charge in [-0.25, -0.2) is 0 Å². The Kier molecular flexibility index (Phi) is 4.90. The number of hydrogen-bond donors (Lipinski definition) is 0. The Morgan fingerprint density at radius 1 is 1.29 bits per heavy atom. The first kappa shape index (κ1) is 15.4. The van der Waals surface area contributed by atoms with Gasteiger partial charge in [-0.3, -0.25) is 19.8 Å². The number of benzene rings is 1. The van der Waals surface area contributed by atoms with Crippen LogP contribution in [0.2, 0.25) is 0 Å². The molecule has 0 aromatic heterocycles. The fraction of sp³-hybridized carbons (Fsp3) is 0.533. The van der Waals surface area contributed by atoms with Crippen LogP contribution in [0, 0.1) is 17.0 Å². The number of aryl methyl sites for hydroxylation is 1. The number of amides is 1. The third-order valence-electron chi connectivity index (χ3n) is 3.85. The number of rotatable bonds is 4. The van der Waals surface area contributed by atoms with E-state index >= 15 is 0 Å². The molecule has 0 aliphatic carbocycles. The summed E-state index contributed by atoms with van der Waals surface area (Å²) in [6.07, 6.45) is 1.11. The number of nitro groups is 1. The van der Waals surface area contributed by atoms with Crippen molar-refractivity contribution in [2.24, 2.45) is 0 Å². The van der Waals surface area contributed by atoms with E-state index in [4.69, 9.17) is 0 Å². The monoisotopic (exact) mass is 291 g/mol. The average Bonchev–Trinajstić information content (AvgIpc) is 2.48. The maximum absolute atomic E-state index is 12.4. The number of nitrogens with zero attached hydrogens (tertiary/aromatic N) is 3. The second-order valence-corrected chi connectivity index (χ2v) is 5.39. The van der Waals surface area contributed by atoms with E-state index in [9.17, 15) is 14.9 Å². The molecule has 2 rings (SSSR count). The predicted octanol–water partition coefficient (Wildman–Crippen LogP) is 2.07. The Bertz CT molecular complexity index is 537. The molecule has 0 spiro atoms. The molecule has 0 saturated carbocycles. The minimum atomic E-state index is -0.439. The van der Waals surface area contributed by atoms with Crippen molar-refractivity contribution in [3.63, 3.8) is 0 Å². The number of hydrogen-bond acceptors (Lipinski definition) is 4. The lowest BCUT2D eigenvalue weighted by molar-refractivity contribution is -0.385. The van der Waals surface area contributed by atoms with E-state index in [1.807, 2.05) is 0 Å². The van der Waals surface area contributed by atoms with Gasteiger partial charge in [0.05, 0.1) is 4.92 Å². The molecule has 0 bridgehead atoms. The molecule has 1 aromatic carbocycles. The first-order chi connectivity index (χ1) is 10.0. The second-order valence-electron chi connectivity index (χ2n) is 5.39. The molecule has 1 aliphatic rings. The molecule has 1 aliphatic heterocycles. The summed E-state index contributed by atoms with van der Waals surface area (Å²) in [6.45, 7) is 7.97. The van der Waals surface area contributed by atoms with E-state index < -0.39 is 4.92 Å². The molecular formula is C15H21N3O3. The molecule has 6 heteroatoms. The van der Waals surface area contributed by atoms with Gasteiger partial charge in [-0.2, -0.15) is 0 Å². The van der Waals surface area contributed by atoms with Crippen molar-refractivity contribution in [2.75, 3.05) is 32.7 Å². The van der Waals surface area contributed by atoms with Crippen LogP contribution in [0.4, 0.5) is 5.69 Å². The zero-order valence-electron chi connectivity index (χ0n) is 12.5. The lowest BCUT2D eigenvalue weighted by atomic mass is 10.1. The lowest BCUT2D eigenvalue weighted by Crippen LogP contribution is -2.48. The van der Waals surface area contributed by atoms with Crippen LogP contribution >= 0.6 is 0 Å². The molecule has 1 amide bonds. The van der Waals surface area contributed by atoms with Gasteiger partial charge >= 0.3 is 0 Å². The van der Waals surface area contributed by atoms with Crippen molar-refractivity contribution in [1.29, 1.82) is 0 Å². The fourth-order valence-electron chi connectivity index (χ4n) is 2.61. The number of nitro benzene ring substituents is 1. The highest BCUT2D eigenvalue weighted by Gasteiger charge is 2.23. The van der Waals surface area contributed by atoms with E-state index in [1.54, 1.807) is 24.0 Å². The molecule has 0 N–H and O–H groups in total. The molecule has 1 fully saturated rings. The van der Waals surface area contributed by atoms with Crippen LogP contribution in [0.15, 0.2) is 18.2 Å². The maximum Gasteiger partial charge on any atom is 0.273 e. The summed E-state index contributed by atoms with van der Waals surface area (Å²) >= 11 is 0. The molecule has 0 unspecified atom stereocenters. The molecule has 21 heavy (non-hydrogen) atoms. The Morgan fingerprint density at radius 2 is 1.95 bits per heavy atom. The first-order valence-electron chi connectivity index (χ1n) is 7.29. The molecule has 1 aromatic rings. The highest BCUT2D eigenvalue weighted by atomic mass is 16.6. The van der Waals surface area contributed by atoms with Crippen molar-refractivity contribution in [2.45, 2.75) is 20.3 Å². The molecule has 114 valence electrons. The Hall–Kier alpha value is -1.95. The van der Waals surface area contributed by atoms with Gasteiger partial charge in [0, 0.05) is 43.4 Å². The summed E-state index contributed by atoms with van der Waals surface area (Å²) < 4.78 is 0. The third-order valence-corrected chi connectivity index (χ3v) is 3.85. The zero-order valence-corrected chi connectivity index (χ0v) is 12.5. The van der Waals surface area contributed by atoms with E-state index in [0.717, 1.165) is 26.1 Å². The van der Waals surface area contributed by atoms with E-state index in [0.29, 0.717) is 24.2 Å². The van der Waals surface area contributed by atoms with Gasteiger partial charge in [-0.1, -0.05) is 13.0 Å². The molecule has 0 atom stereocenters. The van der Waals surface area contributed by atoms with E-state index in [1.165, 1.54) is 6.07 Å². The molecule has 1 heterocycles. The van der Waals surface area contributed by atoms with Gasteiger partial charge in [-0.15, -0.1) is 0 Å². The summed E-state index contributed by atoms with van der Waals surface area (Å²) in [5.74, 6) is -0.116. The van der Waals surface area contributed by atoms with Crippen LogP contribution < -0.4 is 0 Å². The van der Waals surface area contributed by atoms with Crippen molar-refractivity contribution < 1.29 is 9.72 Å². The topological polar surface area (TPSA) is 66.7 Å². The van der Waals surface area contributed by atoms with Crippen LogP contribution in [0.1, 0.15) is 29.3 Å². The van der Waals surface area contributed by atoms with Crippen molar-refractivity contribution >= 4 is 11.6 Å². The van der Waals surface area contributed by atoms with Crippen LogP contribution in [0.25, 0.3) is 0 Å². The van der Waals surface area contributed by atoms with Crippen LogP contribution in [-0.2, 0) is 0 Å². The second kappa shape index (κ2) is 6.67. The summed E-state index contributed by atoms with van der Waals surface area (Å²) in [5, 5.41) is 11.0. The summed E-state index contributed by atoms with van der Waals surface area (Å²) in [5.41, 5.74) is 0.978. The normalized spacial score (nSPS) is 16.0. The van der Waals surface area contributed by atoms with Crippen LogP contribution in [-0.4, -0.2) is 53.4 Å². The molecular weight excluding hydrogens is 270 g/mol. The number of carbonyl (C=O) groups is 1. The van der Waals surface area contributed by atoms with Crippen molar-refractivity contribution in [1.82, 2.24) is 9.80 Å². The lowest BCUT2D eigenvalue weighted by Gasteiger charge is -2.34. The van der Waals surface area contributed by atoms with Gasteiger partial charge in [-0.05, 0) is 26.0 Å². The molecule has 6 nitrogen and oxygen atoms in total. The first-order valence-corrected chi connectivity index (χ1v) is 7.29. The fourth-order valence-corrected chi connectivity index (χ4v) is 2.61. The van der Waals surface area contributed by atoms with Gasteiger partial charge in [0.15, 0.2) is 0 Å². The molecule has 1 saturated heterocycles. The van der Waals surface area contributed by atoms with Gasteiger partial charge in [0.1, 0.15) is 0 Å². The quantitative estimate of drug-likeness (QED) is 0.629. The maximum atomic E-state index is 12.4. The van der Waals surface area contributed by atoms with Gasteiger partial charge in [0.2, 0.25) is 0 Å². The highest BCUT2D eigenvalue weighted by Crippen LogP contribution is 2.20. The minimum absolute atomic E-state index is 0.00506. The Balaban J connectivity index is 2.07. The SMILES string of the molecule is CCCN1CCN(C(=O)c2ccc(C)c([N+](=O)[O-])c2)CC1. The van der Waals surface area contributed by atoms with E-state index in [2.05, 4.69) is 11.8 Å². The van der Waals surface area contributed by atoms with Crippen molar-refractivity contribution in [3.05, 3.63) is 39.4 Å². The average molecular weight is 291 g/mol. The summed E-state index contributed by atoms with van der Waals surface area (Å²) in [6, 6.07) is 4.69. The molecule has 0 radical (unpaired) electrons. The van der Waals surface area contributed by atoms with E-state index in [-0.39, 0.29) is 11.6 Å². The smallest absolute Gasteiger partial charge is 0.273 e. The van der Waals surface area contributed by atoms with Gasteiger partial charge < -0.3 is 4.90 Å². The summed E-state index contributed by atoms with van der Waals surface area (Å²) in [7, 11) is 0. The number of carbonyl (C=O) groups excluding carboxylic acids is 1. The van der Waals surface area contributed by atoms with Crippen LogP contribution in [0.3, 0.4) is 0 Å². The standard InChI is InChI=1S/C15H21N3O3/c1-3-6-16-7-9-17(10-8-16)15(19)13-5-4-12(2)14(11-13)18(20)21/h4-5,11H,3,6-10H2,1-2H3. The third kappa shape index (κ3) is 3.58.